The zero-order valence-electron chi connectivity index (χ0n) is 16.4. The summed E-state index contributed by atoms with van der Waals surface area (Å²) in [6.45, 7) is 2.05. The van der Waals surface area contributed by atoms with Crippen molar-refractivity contribution >= 4 is 23.4 Å². The van der Waals surface area contributed by atoms with E-state index < -0.39 is 0 Å². The monoisotopic (exact) mass is 391 g/mol. The van der Waals surface area contributed by atoms with Gasteiger partial charge in [0.1, 0.15) is 0 Å². The summed E-state index contributed by atoms with van der Waals surface area (Å²) < 4.78 is 10.2. The molecule has 0 radical (unpaired) electrons. The first-order valence-electron chi connectivity index (χ1n) is 9.18. The molecule has 8 nitrogen and oxygen atoms in total. The molecule has 2 unspecified atom stereocenters. The number of carbonyl (C=O) groups is 1. The number of ether oxygens (including phenoxy) is 2. The van der Waals surface area contributed by atoms with Gasteiger partial charge in [0.15, 0.2) is 11.6 Å². The second-order valence-corrected chi connectivity index (χ2v) is 6.62. The van der Waals surface area contributed by atoms with Crippen molar-refractivity contribution in [3.8, 4) is 0 Å². The van der Waals surface area contributed by atoms with Crippen molar-refractivity contribution < 1.29 is 14.3 Å². The van der Waals surface area contributed by atoms with Crippen LogP contribution in [0.1, 0.15) is 29.0 Å². The Morgan fingerprint density at radius 2 is 1.97 bits per heavy atom. The lowest BCUT2D eigenvalue weighted by Gasteiger charge is -2.28. The molecule has 8 heteroatoms. The van der Waals surface area contributed by atoms with E-state index in [0.717, 1.165) is 23.0 Å². The van der Waals surface area contributed by atoms with Crippen molar-refractivity contribution in [1.29, 1.82) is 0 Å². The molecule has 29 heavy (non-hydrogen) atoms. The van der Waals surface area contributed by atoms with E-state index in [1.807, 2.05) is 24.4 Å². The van der Waals surface area contributed by atoms with Crippen molar-refractivity contribution in [2.75, 3.05) is 19.5 Å². The number of fused-ring (bicyclic) bond motifs is 1. The molecule has 0 aliphatic carbocycles. The average Bonchev–Trinajstić information content (AvgIpc) is 3.09. The number of carbonyl (C=O) groups excluding carboxylic acids is 1. The first kappa shape index (κ1) is 18.7. The van der Waals surface area contributed by atoms with E-state index in [1.165, 1.54) is 7.11 Å². The third kappa shape index (κ3) is 3.56. The Kier molecular flexibility index (Phi) is 4.99. The number of aromatic nitrogens is 2. The number of rotatable bonds is 5. The molecule has 3 heterocycles. The molecule has 0 saturated heterocycles. The van der Waals surface area contributed by atoms with Gasteiger partial charge in [-0.05, 0) is 49.4 Å². The smallest absolute Gasteiger partial charge is 0.337 e. The molecule has 4 rings (SSSR count). The van der Waals surface area contributed by atoms with Crippen LogP contribution in [0.4, 0.5) is 11.6 Å². The molecule has 1 aromatic carbocycles. The predicted molar refractivity (Wildman–Crippen MR) is 109 cm³/mol. The van der Waals surface area contributed by atoms with Crippen molar-refractivity contribution in [3.63, 3.8) is 0 Å². The van der Waals surface area contributed by atoms with Gasteiger partial charge in [-0.15, -0.1) is 0 Å². The van der Waals surface area contributed by atoms with Crippen LogP contribution in [0.5, 0.6) is 0 Å². The molecule has 2 aliphatic rings. The normalized spacial score (nSPS) is 19.9. The summed E-state index contributed by atoms with van der Waals surface area (Å²) in [4.78, 5) is 27.4. The molecule has 1 N–H and O–H groups in total. The number of allylic oxidation sites excluding steroid dienone is 2. The lowest BCUT2D eigenvalue weighted by molar-refractivity contribution is 0.0601. The van der Waals surface area contributed by atoms with Crippen LogP contribution in [0, 0.1) is 0 Å². The van der Waals surface area contributed by atoms with Gasteiger partial charge in [0, 0.05) is 18.1 Å². The molecule has 148 valence electrons. The zero-order chi connectivity index (χ0) is 20.4. The number of benzene rings is 1. The summed E-state index contributed by atoms with van der Waals surface area (Å²) in [5.74, 6) is 1.64. The number of methoxy groups -OCH3 is 2. The van der Waals surface area contributed by atoms with E-state index in [-0.39, 0.29) is 18.1 Å². The minimum atomic E-state index is -0.375. The molecular formula is C21H21N5O3. The highest BCUT2D eigenvalue weighted by atomic mass is 16.5. The molecule has 1 aromatic heterocycles. The summed E-state index contributed by atoms with van der Waals surface area (Å²) in [6, 6.07) is 8.79. The number of nitrogens with one attached hydrogen (secondary N) is 1. The van der Waals surface area contributed by atoms with Crippen molar-refractivity contribution in [2.45, 2.75) is 19.0 Å². The zero-order valence-corrected chi connectivity index (χ0v) is 16.4. The average molecular weight is 391 g/mol. The van der Waals surface area contributed by atoms with Gasteiger partial charge in [0.05, 0.1) is 37.6 Å². The Morgan fingerprint density at radius 3 is 2.69 bits per heavy atom. The van der Waals surface area contributed by atoms with E-state index in [4.69, 9.17) is 19.5 Å². The van der Waals surface area contributed by atoms with Crippen molar-refractivity contribution in [2.24, 2.45) is 4.99 Å². The van der Waals surface area contributed by atoms with Crippen molar-refractivity contribution in [1.82, 2.24) is 14.9 Å². The Balaban J connectivity index is 1.55. The largest absolute Gasteiger partial charge is 0.493 e. The third-order valence-electron chi connectivity index (χ3n) is 4.80. The van der Waals surface area contributed by atoms with Crippen LogP contribution in [0.15, 0.2) is 65.6 Å². The fourth-order valence-electron chi connectivity index (χ4n) is 3.43. The summed E-state index contributed by atoms with van der Waals surface area (Å²) >= 11 is 0. The first-order chi connectivity index (χ1) is 14.1. The van der Waals surface area contributed by atoms with Crippen LogP contribution in [0.25, 0.3) is 0 Å². The maximum atomic E-state index is 11.6. The fourth-order valence-corrected chi connectivity index (χ4v) is 3.43. The quantitative estimate of drug-likeness (QED) is 0.783. The summed E-state index contributed by atoms with van der Waals surface area (Å²) in [5.41, 5.74) is 2.10. The molecule has 2 aliphatic heterocycles. The highest BCUT2D eigenvalue weighted by Crippen LogP contribution is 2.35. The first-order valence-corrected chi connectivity index (χ1v) is 9.18. The van der Waals surface area contributed by atoms with Gasteiger partial charge in [-0.1, -0.05) is 0 Å². The lowest BCUT2D eigenvalue weighted by Crippen LogP contribution is -2.31. The van der Waals surface area contributed by atoms with E-state index >= 15 is 0 Å². The SMILES string of the molecule is COC(=O)c1ccc(Nc2nccc(C3C(C)N=C4C(OC)=CC=CN43)n2)cc1. The van der Waals surface area contributed by atoms with Gasteiger partial charge in [-0.25, -0.2) is 14.8 Å². The van der Waals surface area contributed by atoms with Gasteiger partial charge in [-0.2, -0.15) is 0 Å². The molecule has 2 atom stereocenters. The number of esters is 1. The lowest BCUT2D eigenvalue weighted by atomic mass is 10.1. The number of amidine groups is 1. The van der Waals surface area contributed by atoms with Crippen LogP contribution in [0.3, 0.4) is 0 Å². The molecule has 0 fully saturated rings. The highest BCUT2D eigenvalue weighted by molar-refractivity contribution is 6.00. The molecule has 0 amide bonds. The minimum Gasteiger partial charge on any atom is -0.493 e. The molecular weight excluding hydrogens is 370 g/mol. The number of anilines is 2. The maximum Gasteiger partial charge on any atom is 0.337 e. The van der Waals surface area contributed by atoms with Crippen LogP contribution in [-0.2, 0) is 9.47 Å². The second-order valence-electron chi connectivity index (χ2n) is 6.62. The van der Waals surface area contributed by atoms with Gasteiger partial charge in [-0.3, -0.25) is 4.99 Å². The highest BCUT2D eigenvalue weighted by Gasteiger charge is 2.37. The minimum absolute atomic E-state index is 0.00777. The Morgan fingerprint density at radius 1 is 1.17 bits per heavy atom. The summed E-state index contributed by atoms with van der Waals surface area (Å²) in [6.07, 6.45) is 7.54. The van der Waals surface area contributed by atoms with E-state index in [0.29, 0.717) is 11.5 Å². The van der Waals surface area contributed by atoms with Crippen LogP contribution < -0.4 is 5.32 Å². The molecule has 0 spiro atoms. The van der Waals surface area contributed by atoms with E-state index in [9.17, 15) is 4.79 Å². The van der Waals surface area contributed by atoms with E-state index in [2.05, 4.69) is 22.1 Å². The van der Waals surface area contributed by atoms with Crippen molar-refractivity contribution in [3.05, 3.63) is 71.9 Å². The van der Waals surface area contributed by atoms with Gasteiger partial charge in [0.25, 0.3) is 0 Å². The number of hydrogen-bond acceptors (Lipinski definition) is 8. The summed E-state index contributed by atoms with van der Waals surface area (Å²) in [7, 11) is 3.00. The van der Waals surface area contributed by atoms with Gasteiger partial charge < -0.3 is 19.7 Å². The number of hydrogen-bond donors (Lipinski definition) is 1. The standard InChI is InChI=1S/C21H21N5O3/c1-13-18(26-12-4-5-17(28-2)19(26)23-13)16-10-11-22-21(25-16)24-15-8-6-14(7-9-15)20(27)29-3/h4-13,18H,1-3H3,(H,22,24,25). The Labute approximate surface area is 168 Å². The second kappa shape index (κ2) is 7.75. The molecule has 0 saturated carbocycles. The molecule has 0 bridgehead atoms. The maximum absolute atomic E-state index is 11.6. The summed E-state index contributed by atoms with van der Waals surface area (Å²) in [5, 5.41) is 3.17. The van der Waals surface area contributed by atoms with Gasteiger partial charge in [0.2, 0.25) is 5.95 Å². The topological polar surface area (TPSA) is 88.9 Å². The third-order valence-corrected chi connectivity index (χ3v) is 4.80. The molecule has 2 aromatic rings. The predicted octanol–water partition coefficient (Wildman–Crippen LogP) is 3.21. The van der Waals surface area contributed by atoms with Crippen LogP contribution >= 0.6 is 0 Å². The number of nitrogens with zero attached hydrogens (tertiary/aromatic N) is 4. The fraction of sp³-hybridized carbons (Fsp3) is 0.238. The number of aliphatic imine (C=N–C) groups is 1. The van der Waals surface area contributed by atoms with E-state index in [1.54, 1.807) is 37.6 Å². The van der Waals surface area contributed by atoms with Crippen LogP contribution in [-0.4, -0.2) is 46.9 Å². The van der Waals surface area contributed by atoms with Gasteiger partial charge >= 0.3 is 5.97 Å². The van der Waals surface area contributed by atoms with Crippen LogP contribution in [0.2, 0.25) is 0 Å². The Hall–Kier alpha value is -3.68. The Bertz CT molecular complexity index is 1010.